The molecule has 104 valence electrons. The summed E-state index contributed by atoms with van der Waals surface area (Å²) in [5.74, 6) is -0.109. The van der Waals surface area contributed by atoms with Gasteiger partial charge in [-0.3, -0.25) is 0 Å². The van der Waals surface area contributed by atoms with E-state index in [0.29, 0.717) is 0 Å². The van der Waals surface area contributed by atoms with Gasteiger partial charge in [-0.1, -0.05) is 0 Å². The maximum absolute atomic E-state index is 11.0. The van der Waals surface area contributed by atoms with E-state index in [1.807, 2.05) is 24.3 Å². The first-order chi connectivity index (χ1) is 10.0. The molecule has 0 aliphatic heterocycles. The summed E-state index contributed by atoms with van der Waals surface area (Å²) < 4.78 is 2.77. The Morgan fingerprint density at radius 1 is 0.714 bits per heavy atom. The van der Waals surface area contributed by atoms with Crippen molar-refractivity contribution in [2.24, 2.45) is 0 Å². The molecule has 0 atom stereocenters. The molecular weight excluding hydrogens is 453 g/mol. The van der Waals surface area contributed by atoms with E-state index in [9.17, 15) is 9.59 Å². The zero-order valence-corrected chi connectivity index (χ0v) is 17.6. The summed E-state index contributed by atoms with van der Waals surface area (Å²) in [5.41, 5.74) is 1.67. The number of rotatable bonds is 4. The standard InChI is InChI=1S/2C8H8NO.Hg/c2*1-7(10)9-8-5-3-2-4-6-8;/h2*3-6H,1H3,(H,9,10);. The fraction of sp³-hybridized carbons (Fsp3) is 0.125. The van der Waals surface area contributed by atoms with Crippen molar-refractivity contribution in [2.75, 3.05) is 10.6 Å². The predicted molar refractivity (Wildman–Crippen MR) is 80.8 cm³/mol. The summed E-state index contributed by atoms with van der Waals surface area (Å²) >= 11 is -1.36. The van der Waals surface area contributed by atoms with E-state index >= 15 is 0 Å². The van der Waals surface area contributed by atoms with Crippen molar-refractivity contribution in [3.63, 3.8) is 0 Å². The molecule has 2 amide bonds. The van der Waals surface area contributed by atoms with E-state index in [1.165, 1.54) is 20.0 Å². The van der Waals surface area contributed by atoms with Crippen LogP contribution < -0.4 is 16.8 Å². The van der Waals surface area contributed by atoms with Crippen LogP contribution in [0, 0.1) is 0 Å². The molecule has 2 N–H and O–H groups in total. The maximum atomic E-state index is 11.0. The van der Waals surface area contributed by atoms with Crippen molar-refractivity contribution in [3.8, 4) is 0 Å². The second-order valence-corrected chi connectivity index (χ2v) is 12.7. The Bertz CT molecular complexity index is 579. The number of nitrogens with one attached hydrogen (secondary N) is 2. The number of benzene rings is 2. The third-order valence-electron chi connectivity index (χ3n) is 2.96. The van der Waals surface area contributed by atoms with Gasteiger partial charge in [0.25, 0.3) is 0 Å². The Morgan fingerprint density at radius 2 is 1.05 bits per heavy atom. The average Bonchev–Trinajstić information content (AvgIpc) is 2.42. The van der Waals surface area contributed by atoms with E-state index in [4.69, 9.17) is 0 Å². The first kappa shape index (κ1) is 15.7. The Balaban J connectivity index is 2.01. The molecule has 0 saturated carbocycles. The van der Waals surface area contributed by atoms with E-state index in [1.54, 1.807) is 0 Å². The number of hydrogen-bond acceptors (Lipinski definition) is 2. The Kier molecular flexibility index (Phi) is 5.50. The van der Waals surface area contributed by atoms with Crippen LogP contribution in [0.5, 0.6) is 0 Å². The Labute approximate surface area is 136 Å². The topological polar surface area (TPSA) is 58.2 Å². The fourth-order valence-corrected chi connectivity index (χ4v) is 7.55. The number of carbonyl (C=O) groups is 2. The van der Waals surface area contributed by atoms with Gasteiger partial charge < -0.3 is 0 Å². The van der Waals surface area contributed by atoms with Gasteiger partial charge in [0.2, 0.25) is 0 Å². The Hall–Kier alpha value is -1.68. The molecular formula is C16H16HgN2O2. The van der Waals surface area contributed by atoms with Crippen LogP contribution in [0.2, 0.25) is 0 Å². The van der Waals surface area contributed by atoms with Crippen molar-refractivity contribution in [1.82, 2.24) is 0 Å². The van der Waals surface area contributed by atoms with Crippen molar-refractivity contribution in [1.29, 1.82) is 0 Å². The first-order valence-electron chi connectivity index (χ1n) is 6.76. The summed E-state index contributed by atoms with van der Waals surface area (Å²) in [6.45, 7) is 3.01. The third-order valence-corrected chi connectivity index (χ3v) is 9.80. The average molecular weight is 469 g/mol. The third kappa shape index (κ3) is 5.30. The number of hydrogen-bond donors (Lipinski definition) is 2. The van der Waals surface area contributed by atoms with E-state index < -0.39 is 24.6 Å². The van der Waals surface area contributed by atoms with Gasteiger partial charge in [0.15, 0.2) is 0 Å². The van der Waals surface area contributed by atoms with Gasteiger partial charge >= 0.3 is 137 Å². The number of carbonyl (C=O) groups excluding carboxylic acids is 2. The second kappa shape index (κ2) is 7.36. The van der Waals surface area contributed by atoms with Crippen molar-refractivity contribution in [2.45, 2.75) is 13.8 Å². The van der Waals surface area contributed by atoms with Crippen LogP contribution in [-0.4, -0.2) is 11.8 Å². The quantitative estimate of drug-likeness (QED) is 0.670. The molecule has 0 unspecified atom stereocenters. The zero-order chi connectivity index (χ0) is 15.2. The number of anilines is 2. The van der Waals surface area contributed by atoms with Crippen LogP contribution in [0.25, 0.3) is 0 Å². The molecule has 21 heavy (non-hydrogen) atoms. The molecule has 0 radical (unpaired) electrons. The van der Waals surface area contributed by atoms with Gasteiger partial charge in [0, 0.05) is 0 Å². The second-order valence-electron chi connectivity index (χ2n) is 4.93. The monoisotopic (exact) mass is 470 g/mol. The molecule has 2 aromatic rings. The van der Waals surface area contributed by atoms with Crippen LogP contribution in [0.4, 0.5) is 11.4 Å². The van der Waals surface area contributed by atoms with Crippen LogP contribution in [0.1, 0.15) is 13.8 Å². The van der Waals surface area contributed by atoms with Gasteiger partial charge in [-0.2, -0.15) is 0 Å². The molecule has 0 aliphatic rings. The zero-order valence-electron chi connectivity index (χ0n) is 12.1. The molecule has 0 saturated heterocycles. The minimum atomic E-state index is -1.36. The molecule has 2 aromatic carbocycles. The van der Waals surface area contributed by atoms with Crippen LogP contribution in [0.15, 0.2) is 48.5 Å². The normalized spacial score (nSPS) is 9.62. The van der Waals surface area contributed by atoms with E-state index in [2.05, 4.69) is 34.9 Å². The molecule has 0 aromatic heterocycles. The van der Waals surface area contributed by atoms with Crippen LogP contribution in [0.3, 0.4) is 0 Å². The van der Waals surface area contributed by atoms with E-state index in [-0.39, 0.29) is 11.8 Å². The van der Waals surface area contributed by atoms with Gasteiger partial charge in [-0.25, -0.2) is 0 Å². The van der Waals surface area contributed by atoms with Crippen molar-refractivity contribution in [3.05, 3.63) is 48.5 Å². The van der Waals surface area contributed by atoms with Gasteiger partial charge in [0.05, 0.1) is 0 Å². The van der Waals surface area contributed by atoms with Crippen molar-refractivity contribution < 1.29 is 34.2 Å². The molecule has 2 rings (SSSR count). The first-order valence-corrected chi connectivity index (χ1v) is 12.3. The van der Waals surface area contributed by atoms with E-state index in [0.717, 1.165) is 11.4 Å². The molecule has 0 fully saturated rings. The summed E-state index contributed by atoms with van der Waals surface area (Å²) in [5, 5.41) is 5.53. The minimum absolute atomic E-state index is 0.0547. The van der Waals surface area contributed by atoms with Gasteiger partial charge in [0.1, 0.15) is 0 Å². The van der Waals surface area contributed by atoms with Crippen LogP contribution >= 0.6 is 0 Å². The summed E-state index contributed by atoms with van der Waals surface area (Å²) in [4.78, 5) is 21.9. The number of amides is 2. The van der Waals surface area contributed by atoms with Gasteiger partial charge in [-0.05, 0) is 0 Å². The SMILES string of the molecule is CC(=O)Nc1cc[c]([Hg][c]2ccc(NC(C)=O)cc2)cc1. The molecule has 0 heterocycles. The molecule has 0 spiro atoms. The fourth-order valence-electron chi connectivity index (χ4n) is 2.05. The predicted octanol–water partition coefficient (Wildman–Crippen LogP) is 1.64. The summed E-state index contributed by atoms with van der Waals surface area (Å²) in [6.07, 6.45) is 0. The van der Waals surface area contributed by atoms with Crippen molar-refractivity contribution >= 4 is 29.3 Å². The molecule has 0 aliphatic carbocycles. The molecule has 0 bridgehead atoms. The summed E-state index contributed by atoms with van der Waals surface area (Å²) in [6, 6.07) is 16.2. The summed E-state index contributed by atoms with van der Waals surface area (Å²) in [7, 11) is 0. The van der Waals surface area contributed by atoms with Gasteiger partial charge in [-0.15, -0.1) is 0 Å². The molecule has 4 nitrogen and oxygen atoms in total. The molecule has 5 heteroatoms. The Morgan fingerprint density at radius 3 is 1.33 bits per heavy atom. The van der Waals surface area contributed by atoms with Crippen LogP contribution in [-0.2, 0) is 34.2 Å².